The van der Waals surface area contributed by atoms with Crippen molar-refractivity contribution in [1.29, 1.82) is 0 Å². The van der Waals surface area contributed by atoms with Crippen LogP contribution in [0, 0.1) is 0 Å². The van der Waals surface area contributed by atoms with Gasteiger partial charge in [-0.15, -0.1) is 0 Å². The highest BCUT2D eigenvalue weighted by Crippen LogP contribution is 2.38. The summed E-state index contributed by atoms with van der Waals surface area (Å²) in [5.74, 6) is -0.477. The van der Waals surface area contributed by atoms with Crippen LogP contribution in [-0.4, -0.2) is 27.4 Å². The summed E-state index contributed by atoms with van der Waals surface area (Å²) in [6.45, 7) is 2.04. The first kappa shape index (κ1) is 21.7. The van der Waals surface area contributed by atoms with E-state index in [2.05, 4.69) is 5.16 Å². The molecule has 0 amide bonds. The van der Waals surface area contributed by atoms with E-state index in [4.69, 9.17) is 14.4 Å². The van der Waals surface area contributed by atoms with Crippen molar-refractivity contribution in [2.45, 2.75) is 38.9 Å². The van der Waals surface area contributed by atoms with E-state index in [1.54, 1.807) is 10.8 Å². The average molecular weight is 446 g/mol. The van der Waals surface area contributed by atoms with Crippen molar-refractivity contribution in [3.05, 3.63) is 59.4 Å². The van der Waals surface area contributed by atoms with Gasteiger partial charge in [-0.25, -0.2) is 0 Å². The zero-order valence-corrected chi connectivity index (χ0v) is 17.3. The molecular formula is C23H21F3N2O4. The van der Waals surface area contributed by atoms with Gasteiger partial charge in [-0.1, -0.05) is 36.7 Å². The molecule has 168 valence electrons. The van der Waals surface area contributed by atoms with Crippen LogP contribution < -0.4 is 4.74 Å². The van der Waals surface area contributed by atoms with Crippen LogP contribution in [-0.2, 0) is 30.4 Å². The number of aryl methyl sites for hydroxylation is 1. The van der Waals surface area contributed by atoms with Gasteiger partial charge in [0.2, 0.25) is 0 Å². The molecule has 0 fully saturated rings. The Balaban J connectivity index is 1.59. The summed E-state index contributed by atoms with van der Waals surface area (Å²) in [5.41, 5.74) is 1.36. The van der Waals surface area contributed by atoms with Crippen molar-refractivity contribution in [1.82, 2.24) is 9.72 Å². The number of aliphatic carboxylic acids is 1. The number of carbonyl (C=O) groups is 1. The number of ether oxygens (including phenoxy) is 1. The van der Waals surface area contributed by atoms with E-state index in [1.165, 1.54) is 12.1 Å². The molecule has 9 heteroatoms. The topological polar surface area (TPSA) is 77.5 Å². The molecule has 2 heterocycles. The first-order valence-corrected chi connectivity index (χ1v) is 10.2. The van der Waals surface area contributed by atoms with Crippen LogP contribution >= 0.6 is 0 Å². The van der Waals surface area contributed by atoms with E-state index in [1.807, 2.05) is 31.2 Å². The average Bonchev–Trinajstić information content (AvgIpc) is 3.32. The lowest BCUT2D eigenvalue weighted by Crippen LogP contribution is -2.07. The Morgan fingerprint density at radius 3 is 2.66 bits per heavy atom. The molecule has 0 aliphatic carbocycles. The van der Waals surface area contributed by atoms with Crippen LogP contribution in [0.15, 0.2) is 47.1 Å². The number of fused-ring (bicyclic) bond motifs is 2. The maximum atomic E-state index is 13.2. The van der Waals surface area contributed by atoms with Crippen LogP contribution in [0.4, 0.5) is 13.2 Å². The highest BCUT2D eigenvalue weighted by molar-refractivity contribution is 5.86. The van der Waals surface area contributed by atoms with Crippen LogP contribution in [0.5, 0.6) is 5.75 Å². The van der Waals surface area contributed by atoms with Gasteiger partial charge in [0, 0.05) is 29.1 Å². The molecule has 4 aromatic rings. The summed E-state index contributed by atoms with van der Waals surface area (Å²) in [6.07, 6.45) is -1.12. The molecule has 0 saturated heterocycles. The molecule has 4 rings (SSSR count). The molecule has 0 spiro atoms. The highest BCUT2D eigenvalue weighted by Gasteiger charge is 2.37. The third-order valence-corrected chi connectivity index (χ3v) is 5.28. The number of aromatic nitrogens is 2. The summed E-state index contributed by atoms with van der Waals surface area (Å²) in [6, 6.07) is 10.4. The van der Waals surface area contributed by atoms with Gasteiger partial charge in [0.05, 0.1) is 12.0 Å². The van der Waals surface area contributed by atoms with Crippen molar-refractivity contribution < 1.29 is 32.3 Å². The molecule has 0 bridgehead atoms. The van der Waals surface area contributed by atoms with Crippen LogP contribution in [0.3, 0.4) is 0 Å². The third kappa shape index (κ3) is 4.15. The Morgan fingerprint density at radius 1 is 1.16 bits per heavy atom. The molecule has 0 aliphatic heterocycles. The lowest BCUT2D eigenvalue weighted by atomic mass is 10.0. The van der Waals surface area contributed by atoms with Crippen LogP contribution in [0.25, 0.3) is 21.9 Å². The molecule has 0 unspecified atom stereocenters. The van der Waals surface area contributed by atoms with E-state index in [9.17, 15) is 18.0 Å². The highest BCUT2D eigenvalue weighted by atomic mass is 19.4. The number of halogens is 3. The van der Waals surface area contributed by atoms with E-state index < -0.39 is 17.8 Å². The van der Waals surface area contributed by atoms with Gasteiger partial charge in [-0.2, -0.15) is 13.2 Å². The number of benzene rings is 2. The van der Waals surface area contributed by atoms with Crippen molar-refractivity contribution in [2.75, 3.05) is 6.61 Å². The first-order valence-electron chi connectivity index (χ1n) is 10.2. The smallest absolute Gasteiger partial charge is 0.437 e. The minimum Gasteiger partial charge on any atom is -0.493 e. The molecule has 0 radical (unpaired) electrons. The number of carboxylic acid groups (broad SMARTS) is 1. The van der Waals surface area contributed by atoms with Gasteiger partial charge in [0.15, 0.2) is 11.3 Å². The minimum atomic E-state index is -4.60. The van der Waals surface area contributed by atoms with Crippen molar-refractivity contribution >= 4 is 27.8 Å². The SMILES string of the molecule is CCCc1c(OCCc2cn(CC(=O)O)c3ccccc23)ccc2c(C(F)(F)F)noc12. The quantitative estimate of drug-likeness (QED) is 0.389. The monoisotopic (exact) mass is 446 g/mol. The summed E-state index contributed by atoms with van der Waals surface area (Å²) >= 11 is 0. The van der Waals surface area contributed by atoms with Gasteiger partial charge >= 0.3 is 12.1 Å². The number of carboxylic acids is 1. The second-order valence-corrected chi connectivity index (χ2v) is 7.49. The zero-order chi connectivity index (χ0) is 22.9. The predicted octanol–water partition coefficient (Wildman–Crippen LogP) is 5.46. The van der Waals surface area contributed by atoms with Gasteiger partial charge in [-0.3, -0.25) is 4.79 Å². The molecular weight excluding hydrogens is 425 g/mol. The minimum absolute atomic E-state index is 0.0787. The summed E-state index contributed by atoms with van der Waals surface area (Å²) in [7, 11) is 0. The zero-order valence-electron chi connectivity index (χ0n) is 17.3. The molecule has 0 saturated carbocycles. The fourth-order valence-corrected chi connectivity index (χ4v) is 3.94. The Morgan fingerprint density at radius 2 is 1.94 bits per heavy atom. The van der Waals surface area contributed by atoms with Gasteiger partial charge in [0.1, 0.15) is 12.3 Å². The normalized spacial score (nSPS) is 12.0. The lowest BCUT2D eigenvalue weighted by Gasteiger charge is -2.11. The number of hydrogen-bond donors (Lipinski definition) is 1. The van der Waals surface area contributed by atoms with E-state index in [-0.39, 0.29) is 24.1 Å². The van der Waals surface area contributed by atoms with Gasteiger partial charge in [0.25, 0.3) is 0 Å². The largest absolute Gasteiger partial charge is 0.493 e. The molecule has 0 atom stereocenters. The van der Waals surface area contributed by atoms with E-state index in [0.717, 1.165) is 16.5 Å². The molecule has 1 N–H and O–H groups in total. The van der Waals surface area contributed by atoms with Crippen molar-refractivity contribution in [3.63, 3.8) is 0 Å². The lowest BCUT2D eigenvalue weighted by molar-refractivity contribution is -0.141. The Bertz CT molecular complexity index is 1270. The summed E-state index contributed by atoms with van der Waals surface area (Å²) < 4.78 is 52.2. The third-order valence-electron chi connectivity index (χ3n) is 5.28. The number of nitrogens with zero attached hydrogens (tertiary/aromatic N) is 2. The van der Waals surface area contributed by atoms with Gasteiger partial charge in [-0.05, 0) is 30.2 Å². The fraction of sp³-hybridized carbons (Fsp3) is 0.304. The maximum absolute atomic E-state index is 13.2. The van der Waals surface area contributed by atoms with Crippen LogP contribution in [0.2, 0.25) is 0 Å². The molecule has 6 nitrogen and oxygen atoms in total. The van der Waals surface area contributed by atoms with Crippen molar-refractivity contribution in [3.8, 4) is 5.75 Å². The number of rotatable bonds is 8. The van der Waals surface area contributed by atoms with E-state index >= 15 is 0 Å². The standard InChI is InChI=1S/C23H21F3N2O4/c1-2-5-16-19(9-8-17-21(16)32-27-22(17)23(24,25)26)31-11-10-14-12-28(13-20(29)30)18-7-4-3-6-15(14)18/h3-4,6-9,12H,2,5,10-11,13H2,1H3,(H,29,30). The molecule has 2 aromatic heterocycles. The second kappa shape index (κ2) is 8.57. The number of para-hydroxylation sites is 1. The summed E-state index contributed by atoms with van der Waals surface area (Å²) in [4.78, 5) is 11.2. The molecule has 0 aliphatic rings. The maximum Gasteiger partial charge on any atom is 0.437 e. The molecule has 2 aromatic carbocycles. The number of hydrogen-bond acceptors (Lipinski definition) is 4. The van der Waals surface area contributed by atoms with Crippen LogP contribution in [0.1, 0.15) is 30.2 Å². The summed E-state index contributed by atoms with van der Waals surface area (Å²) in [5, 5.41) is 13.2. The van der Waals surface area contributed by atoms with E-state index in [0.29, 0.717) is 30.6 Å². The predicted molar refractivity (Wildman–Crippen MR) is 112 cm³/mol. The fourth-order valence-electron chi connectivity index (χ4n) is 3.94. The Hall–Kier alpha value is -3.49. The van der Waals surface area contributed by atoms with Crippen molar-refractivity contribution in [2.24, 2.45) is 0 Å². The second-order valence-electron chi connectivity index (χ2n) is 7.49. The number of alkyl halides is 3. The molecule has 32 heavy (non-hydrogen) atoms. The first-order chi connectivity index (χ1) is 15.3. The van der Waals surface area contributed by atoms with Gasteiger partial charge < -0.3 is 18.9 Å². The Labute approximate surface area is 181 Å². The Kier molecular flexibility index (Phi) is 5.82.